The van der Waals surface area contributed by atoms with Crippen molar-refractivity contribution in [2.45, 2.75) is 58.6 Å². The van der Waals surface area contributed by atoms with E-state index < -0.39 is 0 Å². The molecule has 1 aliphatic carbocycles. The van der Waals surface area contributed by atoms with E-state index in [0.29, 0.717) is 12.1 Å². The quantitative estimate of drug-likeness (QED) is 0.867. The average molecular weight is 261 g/mol. The molecule has 106 valence electrons. The first-order chi connectivity index (χ1) is 9.22. The predicted octanol–water partition coefficient (Wildman–Crippen LogP) is 3.93. The molecule has 2 rings (SSSR count). The van der Waals surface area contributed by atoms with Gasteiger partial charge in [-0.2, -0.15) is 0 Å². The molecular weight excluding hydrogens is 234 g/mol. The van der Waals surface area contributed by atoms with Crippen LogP contribution in [0.3, 0.4) is 0 Å². The molecule has 1 aliphatic rings. The molecule has 0 amide bonds. The summed E-state index contributed by atoms with van der Waals surface area (Å²) < 4.78 is 6.25. The number of rotatable bonds is 5. The molecular formula is C17H27NO. The summed E-state index contributed by atoms with van der Waals surface area (Å²) in [5, 5.41) is 3.59. The van der Waals surface area contributed by atoms with Crippen LogP contribution in [0, 0.1) is 12.8 Å². The summed E-state index contributed by atoms with van der Waals surface area (Å²) in [5.41, 5.74) is 1.28. The van der Waals surface area contributed by atoms with Crippen molar-refractivity contribution in [2.75, 3.05) is 6.54 Å². The zero-order chi connectivity index (χ0) is 13.7. The molecule has 1 aromatic rings. The first kappa shape index (κ1) is 14.4. The van der Waals surface area contributed by atoms with Crippen molar-refractivity contribution >= 4 is 0 Å². The van der Waals surface area contributed by atoms with Crippen molar-refractivity contribution in [2.24, 2.45) is 5.92 Å². The van der Waals surface area contributed by atoms with E-state index in [0.717, 1.165) is 18.2 Å². The first-order valence-electron chi connectivity index (χ1n) is 7.69. The van der Waals surface area contributed by atoms with Gasteiger partial charge in [-0.05, 0) is 50.8 Å². The number of ether oxygens (including phenoxy) is 1. The molecule has 1 fully saturated rings. The van der Waals surface area contributed by atoms with Gasteiger partial charge >= 0.3 is 0 Å². The van der Waals surface area contributed by atoms with Crippen molar-refractivity contribution in [1.29, 1.82) is 0 Å². The zero-order valence-electron chi connectivity index (χ0n) is 12.5. The van der Waals surface area contributed by atoms with Crippen LogP contribution in [0.1, 0.15) is 45.1 Å². The van der Waals surface area contributed by atoms with Gasteiger partial charge in [0.1, 0.15) is 11.9 Å². The van der Waals surface area contributed by atoms with E-state index in [-0.39, 0.29) is 0 Å². The third-order valence-corrected chi connectivity index (χ3v) is 4.25. The molecule has 0 bridgehead atoms. The number of likely N-dealkylation sites (N-methyl/N-ethyl adjacent to an activating group) is 1. The van der Waals surface area contributed by atoms with Crippen LogP contribution >= 0.6 is 0 Å². The van der Waals surface area contributed by atoms with Crippen LogP contribution in [0.4, 0.5) is 0 Å². The predicted molar refractivity (Wildman–Crippen MR) is 80.7 cm³/mol. The van der Waals surface area contributed by atoms with Gasteiger partial charge in [0.05, 0.1) is 0 Å². The molecule has 0 saturated heterocycles. The van der Waals surface area contributed by atoms with Crippen molar-refractivity contribution in [3.63, 3.8) is 0 Å². The smallest absolute Gasteiger partial charge is 0.119 e. The van der Waals surface area contributed by atoms with E-state index in [4.69, 9.17) is 4.74 Å². The summed E-state index contributed by atoms with van der Waals surface area (Å²) in [5.74, 6) is 1.83. The molecule has 1 N–H and O–H groups in total. The lowest BCUT2D eigenvalue weighted by Gasteiger charge is -2.36. The monoisotopic (exact) mass is 261 g/mol. The lowest BCUT2D eigenvalue weighted by Crippen LogP contribution is -2.47. The first-order valence-corrected chi connectivity index (χ1v) is 7.69. The summed E-state index contributed by atoms with van der Waals surface area (Å²) in [4.78, 5) is 0. The second kappa shape index (κ2) is 6.95. The molecule has 19 heavy (non-hydrogen) atoms. The second-order valence-electron chi connectivity index (χ2n) is 5.72. The van der Waals surface area contributed by atoms with Gasteiger partial charge in [0, 0.05) is 6.04 Å². The third kappa shape index (κ3) is 3.97. The van der Waals surface area contributed by atoms with Gasteiger partial charge < -0.3 is 10.1 Å². The summed E-state index contributed by atoms with van der Waals surface area (Å²) in [6, 6.07) is 8.94. The minimum Gasteiger partial charge on any atom is -0.489 e. The Hall–Kier alpha value is -1.02. The number of aryl methyl sites for hydroxylation is 1. The van der Waals surface area contributed by atoms with Crippen molar-refractivity contribution in [3.05, 3.63) is 29.8 Å². The Morgan fingerprint density at radius 1 is 1.16 bits per heavy atom. The average Bonchev–Trinajstić information content (AvgIpc) is 2.43. The fourth-order valence-corrected chi connectivity index (χ4v) is 3.00. The number of hydrogen-bond donors (Lipinski definition) is 1. The molecule has 2 nitrogen and oxygen atoms in total. The fraction of sp³-hybridized carbons (Fsp3) is 0.647. The Kier molecular flexibility index (Phi) is 5.26. The Balaban J connectivity index is 2.02. The number of hydrogen-bond acceptors (Lipinski definition) is 2. The van der Waals surface area contributed by atoms with Crippen LogP contribution in [-0.4, -0.2) is 18.7 Å². The number of nitrogens with one attached hydrogen (secondary N) is 1. The van der Waals surface area contributed by atoms with Gasteiger partial charge in [-0.25, -0.2) is 0 Å². The SMILES string of the molecule is CCNC1CCC(CC)CC1Oc1ccc(C)cc1. The number of benzene rings is 1. The summed E-state index contributed by atoms with van der Waals surface area (Å²) in [7, 11) is 0. The van der Waals surface area contributed by atoms with Crippen LogP contribution in [0.25, 0.3) is 0 Å². The largest absolute Gasteiger partial charge is 0.489 e. The Morgan fingerprint density at radius 2 is 1.89 bits per heavy atom. The van der Waals surface area contributed by atoms with Gasteiger partial charge in [-0.15, -0.1) is 0 Å². The van der Waals surface area contributed by atoms with E-state index in [9.17, 15) is 0 Å². The maximum absolute atomic E-state index is 6.25. The van der Waals surface area contributed by atoms with Crippen molar-refractivity contribution in [1.82, 2.24) is 5.32 Å². The van der Waals surface area contributed by atoms with Gasteiger partial charge in [-0.1, -0.05) is 38.0 Å². The van der Waals surface area contributed by atoms with E-state index in [1.54, 1.807) is 0 Å². The Morgan fingerprint density at radius 3 is 2.53 bits per heavy atom. The Labute approximate surface area is 117 Å². The van der Waals surface area contributed by atoms with Crippen LogP contribution in [0.15, 0.2) is 24.3 Å². The summed E-state index contributed by atoms with van der Waals surface area (Å²) in [6.45, 7) is 7.60. The maximum atomic E-state index is 6.25. The van der Waals surface area contributed by atoms with Gasteiger partial charge in [0.2, 0.25) is 0 Å². The molecule has 2 heteroatoms. The fourth-order valence-electron chi connectivity index (χ4n) is 3.00. The normalized spacial score (nSPS) is 27.2. The van der Waals surface area contributed by atoms with Gasteiger partial charge in [-0.3, -0.25) is 0 Å². The molecule has 1 aromatic carbocycles. The van der Waals surface area contributed by atoms with Gasteiger partial charge in [0.25, 0.3) is 0 Å². The highest BCUT2D eigenvalue weighted by atomic mass is 16.5. The highest BCUT2D eigenvalue weighted by Gasteiger charge is 2.30. The van der Waals surface area contributed by atoms with Crippen molar-refractivity contribution < 1.29 is 4.74 Å². The minimum absolute atomic E-state index is 0.321. The zero-order valence-corrected chi connectivity index (χ0v) is 12.5. The highest BCUT2D eigenvalue weighted by molar-refractivity contribution is 5.26. The van der Waals surface area contributed by atoms with E-state index >= 15 is 0 Å². The summed E-state index contributed by atoms with van der Waals surface area (Å²) >= 11 is 0. The molecule has 0 aliphatic heterocycles. The van der Waals surface area contributed by atoms with E-state index in [1.165, 1.54) is 31.2 Å². The maximum Gasteiger partial charge on any atom is 0.119 e. The molecule has 1 saturated carbocycles. The van der Waals surface area contributed by atoms with Crippen molar-refractivity contribution in [3.8, 4) is 5.75 Å². The van der Waals surface area contributed by atoms with Crippen LogP contribution < -0.4 is 10.1 Å². The molecule has 3 unspecified atom stereocenters. The van der Waals surface area contributed by atoms with Gasteiger partial charge in [0.15, 0.2) is 0 Å². The van der Waals surface area contributed by atoms with Crippen LogP contribution in [0.5, 0.6) is 5.75 Å². The topological polar surface area (TPSA) is 21.3 Å². The van der Waals surface area contributed by atoms with Crippen LogP contribution in [-0.2, 0) is 0 Å². The van der Waals surface area contributed by atoms with E-state index in [2.05, 4.69) is 50.4 Å². The molecule has 0 radical (unpaired) electrons. The lowest BCUT2D eigenvalue weighted by atomic mass is 9.82. The third-order valence-electron chi connectivity index (χ3n) is 4.25. The molecule has 3 atom stereocenters. The second-order valence-corrected chi connectivity index (χ2v) is 5.72. The lowest BCUT2D eigenvalue weighted by molar-refractivity contribution is 0.0856. The minimum atomic E-state index is 0.321. The summed E-state index contributed by atoms with van der Waals surface area (Å²) in [6.07, 6.45) is 5.35. The van der Waals surface area contributed by atoms with E-state index in [1.807, 2.05) is 0 Å². The Bertz CT molecular complexity index is 373. The molecule has 0 spiro atoms. The molecule has 0 aromatic heterocycles. The highest BCUT2D eigenvalue weighted by Crippen LogP contribution is 2.30. The van der Waals surface area contributed by atoms with Crippen LogP contribution in [0.2, 0.25) is 0 Å². The standard InChI is InChI=1S/C17H27NO/c1-4-14-8-11-16(18-5-2)17(12-14)19-15-9-6-13(3)7-10-15/h6-7,9-10,14,16-18H,4-5,8,11-12H2,1-3H3. The molecule has 0 heterocycles.